The van der Waals surface area contributed by atoms with E-state index in [1.807, 2.05) is 0 Å². The van der Waals surface area contributed by atoms with E-state index in [1.165, 1.54) is 31.2 Å². The predicted molar refractivity (Wildman–Crippen MR) is 74.5 cm³/mol. The number of aliphatic hydroxyl groups is 1. The second-order valence-corrected chi connectivity index (χ2v) is 6.34. The van der Waals surface area contributed by atoms with Gasteiger partial charge in [-0.15, -0.1) is 0 Å². The Labute approximate surface area is 109 Å². The lowest BCUT2D eigenvalue weighted by atomic mass is 9.88. The van der Waals surface area contributed by atoms with Crippen molar-refractivity contribution in [2.24, 2.45) is 5.92 Å². The third kappa shape index (κ3) is 3.82. The van der Waals surface area contributed by atoms with Crippen LogP contribution in [0.1, 0.15) is 57.4 Å². The molecule has 1 heterocycles. The minimum atomic E-state index is -0.383. The maximum absolute atomic E-state index is 10.7. The Hall–Kier alpha value is -0.340. The van der Waals surface area contributed by atoms with E-state index in [2.05, 4.69) is 23.8 Å². The molecule has 0 spiro atoms. The van der Waals surface area contributed by atoms with Crippen molar-refractivity contribution in [3.8, 4) is 0 Å². The Balaban J connectivity index is 1.85. The van der Waals surface area contributed by atoms with Gasteiger partial charge in [0.2, 0.25) is 0 Å². The fourth-order valence-corrected chi connectivity index (χ4v) is 3.64. The zero-order chi connectivity index (χ0) is 12.1. The van der Waals surface area contributed by atoms with E-state index in [0.717, 1.165) is 31.6 Å². The summed E-state index contributed by atoms with van der Waals surface area (Å²) in [5.74, 6) is 0.852. The highest BCUT2D eigenvalue weighted by Gasteiger charge is 2.29. The van der Waals surface area contributed by atoms with Gasteiger partial charge in [0.15, 0.2) is 0 Å². The fourth-order valence-electron chi connectivity index (χ4n) is 2.93. The molecule has 2 atom stereocenters. The van der Waals surface area contributed by atoms with Crippen molar-refractivity contribution in [3.05, 3.63) is 22.4 Å². The minimum absolute atomic E-state index is 0.383. The van der Waals surface area contributed by atoms with Crippen LogP contribution >= 0.6 is 11.3 Å². The van der Waals surface area contributed by atoms with E-state index < -0.39 is 0 Å². The zero-order valence-electron chi connectivity index (χ0n) is 10.8. The molecule has 2 unspecified atom stereocenters. The summed E-state index contributed by atoms with van der Waals surface area (Å²) in [4.78, 5) is 0. The van der Waals surface area contributed by atoms with Gasteiger partial charge >= 0.3 is 0 Å². The van der Waals surface area contributed by atoms with Gasteiger partial charge in [0, 0.05) is 0 Å². The maximum atomic E-state index is 10.7. The highest BCUT2D eigenvalue weighted by molar-refractivity contribution is 7.07. The molecule has 1 fully saturated rings. The van der Waals surface area contributed by atoms with Crippen LogP contribution in [-0.2, 0) is 6.42 Å². The fraction of sp³-hybridized carbons (Fsp3) is 0.733. The van der Waals surface area contributed by atoms with Gasteiger partial charge in [-0.2, -0.15) is 11.3 Å². The zero-order valence-corrected chi connectivity index (χ0v) is 11.6. The molecule has 0 aromatic carbocycles. The highest BCUT2D eigenvalue weighted by atomic mass is 32.1. The van der Waals surface area contributed by atoms with Crippen molar-refractivity contribution in [1.29, 1.82) is 0 Å². The first-order valence-corrected chi connectivity index (χ1v) is 7.89. The van der Waals surface area contributed by atoms with Gasteiger partial charge in [0.25, 0.3) is 0 Å². The Morgan fingerprint density at radius 2 is 2.29 bits per heavy atom. The Morgan fingerprint density at radius 3 is 3.00 bits per heavy atom. The summed E-state index contributed by atoms with van der Waals surface area (Å²) in [6, 6.07) is 2.18. The second-order valence-electron chi connectivity index (χ2n) is 5.56. The first-order valence-electron chi connectivity index (χ1n) is 6.95. The smallest absolute Gasteiger partial charge is 0.0651 e. The average molecular weight is 252 g/mol. The third-order valence-electron chi connectivity index (χ3n) is 4.31. The summed E-state index contributed by atoms with van der Waals surface area (Å²) in [5.41, 5.74) is 1.01. The molecule has 1 N–H and O–H groups in total. The summed E-state index contributed by atoms with van der Waals surface area (Å²) in [6.07, 6.45) is 9.02. The number of hydrogen-bond donors (Lipinski definition) is 1. The van der Waals surface area contributed by atoms with Crippen LogP contribution < -0.4 is 0 Å². The van der Waals surface area contributed by atoms with Crippen LogP contribution in [0.2, 0.25) is 0 Å². The summed E-state index contributed by atoms with van der Waals surface area (Å²) in [7, 11) is 0. The van der Waals surface area contributed by atoms with Gasteiger partial charge in [-0.05, 0) is 60.4 Å². The monoisotopic (exact) mass is 252 g/mol. The van der Waals surface area contributed by atoms with Crippen LogP contribution in [-0.4, -0.2) is 10.7 Å². The van der Waals surface area contributed by atoms with E-state index >= 15 is 0 Å². The van der Waals surface area contributed by atoms with Gasteiger partial charge in [-0.1, -0.05) is 26.2 Å². The lowest BCUT2D eigenvalue weighted by Gasteiger charge is -2.26. The molecule has 2 heteroatoms. The molecular weight excluding hydrogens is 228 g/mol. The molecule has 1 aromatic heterocycles. The molecule has 0 amide bonds. The Morgan fingerprint density at radius 1 is 1.41 bits per heavy atom. The summed E-state index contributed by atoms with van der Waals surface area (Å²) in [6.45, 7) is 2.28. The average Bonchev–Trinajstić information content (AvgIpc) is 2.77. The number of hydrogen-bond acceptors (Lipinski definition) is 2. The van der Waals surface area contributed by atoms with Gasteiger partial charge < -0.3 is 5.11 Å². The third-order valence-corrected chi connectivity index (χ3v) is 5.04. The van der Waals surface area contributed by atoms with E-state index in [9.17, 15) is 5.11 Å². The van der Waals surface area contributed by atoms with Crippen molar-refractivity contribution in [2.45, 2.75) is 63.9 Å². The first-order chi connectivity index (χ1) is 8.22. The van der Waals surface area contributed by atoms with Crippen LogP contribution in [0.4, 0.5) is 0 Å². The van der Waals surface area contributed by atoms with Crippen LogP contribution in [0.3, 0.4) is 0 Å². The van der Waals surface area contributed by atoms with Gasteiger partial charge in [-0.3, -0.25) is 0 Å². The van der Waals surface area contributed by atoms with Gasteiger partial charge in [-0.25, -0.2) is 0 Å². The second kappa shape index (κ2) is 6.01. The lowest BCUT2D eigenvalue weighted by Crippen LogP contribution is -2.28. The molecule has 0 aliphatic heterocycles. The molecule has 1 saturated carbocycles. The van der Waals surface area contributed by atoms with Crippen molar-refractivity contribution in [3.63, 3.8) is 0 Å². The van der Waals surface area contributed by atoms with Crippen LogP contribution in [0.5, 0.6) is 0 Å². The standard InChI is InChI=1S/C15H24OS/c1-2-13-4-3-8-15(16,9-5-13)10-6-14-7-11-17-12-14/h7,11-13,16H,2-6,8-10H2,1H3. The molecule has 17 heavy (non-hydrogen) atoms. The Bertz CT molecular complexity index is 320. The van der Waals surface area contributed by atoms with E-state index in [-0.39, 0.29) is 5.60 Å². The summed E-state index contributed by atoms with van der Waals surface area (Å²) >= 11 is 1.75. The highest BCUT2D eigenvalue weighted by Crippen LogP contribution is 2.34. The molecule has 0 radical (unpaired) electrons. The SMILES string of the molecule is CCC1CCCC(O)(CCc2ccsc2)CC1. The van der Waals surface area contributed by atoms with E-state index in [1.54, 1.807) is 11.3 Å². The number of thiophene rings is 1. The normalized spacial score (nSPS) is 30.1. The molecular formula is C15H24OS. The molecule has 0 bridgehead atoms. The molecule has 96 valence electrons. The lowest BCUT2D eigenvalue weighted by molar-refractivity contribution is 0.0157. The van der Waals surface area contributed by atoms with E-state index in [0.29, 0.717) is 0 Å². The van der Waals surface area contributed by atoms with Crippen molar-refractivity contribution >= 4 is 11.3 Å². The quantitative estimate of drug-likeness (QED) is 0.787. The minimum Gasteiger partial charge on any atom is -0.390 e. The Kier molecular flexibility index (Phi) is 4.63. The predicted octanol–water partition coefficient (Wildman–Crippen LogP) is 4.40. The number of rotatable bonds is 4. The van der Waals surface area contributed by atoms with Crippen LogP contribution in [0.15, 0.2) is 16.8 Å². The molecule has 1 nitrogen and oxygen atoms in total. The summed E-state index contributed by atoms with van der Waals surface area (Å²) in [5, 5.41) is 15.0. The van der Waals surface area contributed by atoms with Gasteiger partial charge in [0.1, 0.15) is 0 Å². The van der Waals surface area contributed by atoms with Crippen molar-refractivity contribution in [1.82, 2.24) is 0 Å². The van der Waals surface area contributed by atoms with E-state index in [4.69, 9.17) is 0 Å². The largest absolute Gasteiger partial charge is 0.390 e. The first kappa shape index (κ1) is 13.1. The molecule has 1 aliphatic rings. The maximum Gasteiger partial charge on any atom is 0.0651 e. The molecule has 0 saturated heterocycles. The number of aryl methyl sites for hydroxylation is 1. The molecule has 2 rings (SSSR count). The summed E-state index contributed by atoms with van der Waals surface area (Å²) < 4.78 is 0. The van der Waals surface area contributed by atoms with Crippen molar-refractivity contribution < 1.29 is 5.11 Å². The molecule has 1 aliphatic carbocycles. The van der Waals surface area contributed by atoms with Gasteiger partial charge in [0.05, 0.1) is 5.60 Å². The topological polar surface area (TPSA) is 20.2 Å². The van der Waals surface area contributed by atoms with Crippen LogP contribution in [0.25, 0.3) is 0 Å². The van der Waals surface area contributed by atoms with Crippen molar-refractivity contribution in [2.75, 3.05) is 0 Å². The molecule has 1 aromatic rings. The van der Waals surface area contributed by atoms with Crippen LogP contribution in [0, 0.1) is 5.92 Å².